The summed E-state index contributed by atoms with van der Waals surface area (Å²) in [5, 5.41) is 9.30. The van der Waals surface area contributed by atoms with Crippen LogP contribution in [0.2, 0.25) is 0 Å². The predicted molar refractivity (Wildman–Crippen MR) is 61.2 cm³/mol. The van der Waals surface area contributed by atoms with Crippen molar-refractivity contribution < 1.29 is 0 Å². The summed E-state index contributed by atoms with van der Waals surface area (Å²) in [6, 6.07) is 12.8. The van der Waals surface area contributed by atoms with Crippen molar-refractivity contribution in [3.8, 4) is 6.07 Å². The van der Waals surface area contributed by atoms with Gasteiger partial charge in [-0.2, -0.15) is 5.26 Å². The summed E-state index contributed by atoms with van der Waals surface area (Å²) < 4.78 is 0. The van der Waals surface area contributed by atoms with Gasteiger partial charge in [0.2, 0.25) is 0 Å². The summed E-state index contributed by atoms with van der Waals surface area (Å²) in [5.74, 6) is 0. The van der Waals surface area contributed by atoms with Crippen molar-refractivity contribution in [2.75, 3.05) is 0 Å². The molecule has 1 nitrogen and oxygen atoms in total. The molecule has 0 fully saturated rings. The van der Waals surface area contributed by atoms with Crippen LogP contribution in [0.3, 0.4) is 0 Å². The molecule has 1 aromatic carbocycles. The molecule has 1 aliphatic rings. The van der Waals surface area contributed by atoms with Crippen LogP contribution in [0.15, 0.2) is 42.5 Å². The zero-order valence-electron chi connectivity index (χ0n) is 8.82. The lowest BCUT2D eigenvalue weighted by Crippen LogP contribution is -2.21. The van der Waals surface area contributed by atoms with Crippen molar-refractivity contribution in [3.63, 3.8) is 0 Å². The van der Waals surface area contributed by atoms with E-state index in [0.717, 1.165) is 25.7 Å². The molecule has 1 aliphatic carbocycles. The molecule has 0 saturated carbocycles. The molecule has 76 valence electrons. The van der Waals surface area contributed by atoms with E-state index in [4.69, 9.17) is 0 Å². The second-order valence-corrected chi connectivity index (χ2v) is 4.22. The van der Waals surface area contributed by atoms with Gasteiger partial charge in [-0.25, -0.2) is 0 Å². The molecular weight excluding hydrogens is 182 g/mol. The number of hydrogen-bond acceptors (Lipinski definition) is 1. The largest absolute Gasteiger partial charge is 0.197 e. The maximum Gasteiger partial charge on any atom is 0.0793 e. The van der Waals surface area contributed by atoms with Crippen molar-refractivity contribution >= 4 is 0 Å². The number of allylic oxidation sites excluding steroid dienone is 2. The topological polar surface area (TPSA) is 23.8 Å². The number of rotatable bonds is 2. The van der Waals surface area contributed by atoms with Crippen LogP contribution in [-0.4, -0.2) is 0 Å². The van der Waals surface area contributed by atoms with Crippen molar-refractivity contribution in [1.82, 2.24) is 0 Å². The minimum atomic E-state index is -0.250. The first-order chi connectivity index (χ1) is 7.35. The van der Waals surface area contributed by atoms with Gasteiger partial charge in [-0.1, -0.05) is 42.5 Å². The molecule has 1 atom stereocenters. The molecule has 0 heterocycles. The Labute approximate surface area is 91.0 Å². The maximum atomic E-state index is 9.30. The molecule has 0 aromatic heterocycles. The van der Waals surface area contributed by atoms with Gasteiger partial charge in [0.1, 0.15) is 0 Å². The first-order valence-corrected chi connectivity index (χ1v) is 5.48. The zero-order chi connectivity index (χ0) is 10.6. The minimum absolute atomic E-state index is 0.250. The van der Waals surface area contributed by atoms with Crippen LogP contribution >= 0.6 is 0 Å². The van der Waals surface area contributed by atoms with E-state index < -0.39 is 0 Å². The molecule has 0 saturated heterocycles. The lowest BCUT2D eigenvalue weighted by atomic mass is 9.76. The third-order valence-electron chi connectivity index (χ3n) is 3.02. The highest BCUT2D eigenvalue weighted by Crippen LogP contribution is 2.33. The minimum Gasteiger partial charge on any atom is -0.197 e. The molecule has 0 bridgehead atoms. The van der Waals surface area contributed by atoms with Crippen molar-refractivity contribution in [1.29, 1.82) is 5.26 Å². The molecule has 0 spiro atoms. The van der Waals surface area contributed by atoms with Crippen molar-refractivity contribution in [3.05, 3.63) is 48.0 Å². The van der Waals surface area contributed by atoms with Gasteiger partial charge in [-0.3, -0.25) is 0 Å². The van der Waals surface area contributed by atoms with Crippen molar-refractivity contribution in [2.45, 2.75) is 25.7 Å². The summed E-state index contributed by atoms with van der Waals surface area (Å²) in [4.78, 5) is 0. The third-order valence-corrected chi connectivity index (χ3v) is 3.02. The number of nitrogens with zero attached hydrogens (tertiary/aromatic N) is 1. The Morgan fingerprint density at radius 3 is 2.67 bits per heavy atom. The van der Waals surface area contributed by atoms with Crippen LogP contribution in [0.25, 0.3) is 0 Å². The van der Waals surface area contributed by atoms with Crippen molar-refractivity contribution in [2.24, 2.45) is 5.41 Å². The smallest absolute Gasteiger partial charge is 0.0793 e. The summed E-state index contributed by atoms with van der Waals surface area (Å²) >= 11 is 0. The van der Waals surface area contributed by atoms with E-state index in [0.29, 0.717) is 0 Å². The van der Waals surface area contributed by atoms with Gasteiger partial charge in [0.05, 0.1) is 11.5 Å². The van der Waals surface area contributed by atoms with Gasteiger partial charge in [-0.05, 0) is 31.2 Å². The summed E-state index contributed by atoms with van der Waals surface area (Å²) in [6.45, 7) is 0. The first-order valence-electron chi connectivity index (χ1n) is 5.48. The third kappa shape index (κ3) is 2.27. The van der Waals surface area contributed by atoms with E-state index in [-0.39, 0.29) is 5.41 Å². The van der Waals surface area contributed by atoms with E-state index in [9.17, 15) is 5.26 Å². The quantitative estimate of drug-likeness (QED) is 0.666. The summed E-state index contributed by atoms with van der Waals surface area (Å²) in [5.41, 5.74) is 1.00. The van der Waals surface area contributed by atoms with E-state index in [2.05, 4.69) is 30.4 Å². The van der Waals surface area contributed by atoms with Crippen LogP contribution in [0.5, 0.6) is 0 Å². The van der Waals surface area contributed by atoms with Gasteiger partial charge in [0, 0.05) is 0 Å². The van der Waals surface area contributed by atoms with Gasteiger partial charge < -0.3 is 0 Å². The van der Waals surface area contributed by atoms with Crippen LogP contribution in [0.1, 0.15) is 24.8 Å². The Kier molecular flexibility index (Phi) is 2.87. The normalized spacial score (nSPS) is 24.7. The Hall–Kier alpha value is -1.55. The average molecular weight is 197 g/mol. The van der Waals surface area contributed by atoms with E-state index in [1.807, 2.05) is 18.2 Å². The second-order valence-electron chi connectivity index (χ2n) is 4.22. The van der Waals surface area contributed by atoms with Crippen LogP contribution < -0.4 is 0 Å². The number of nitriles is 1. The molecule has 15 heavy (non-hydrogen) atoms. The Balaban J connectivity index is 2.19. The van der Waals surface area contributed by atoms with E-state index in [1.165, 1.54) is 5.56 Å². The predicted octanol–water partition coefficient (Wildman–Crippen LogP) is 3.48. The van der Waals surface area contributed by atoms with Gasteiger partial charge in [-0.15, -0.1) is 0 Å². The molecule has 2 rings (SSSR count). The summed E-state index contributed by atoms with van der Waals surface area (Å²) in [7, 11) is 0. The van der Waals surface area contributed by atoms with E-state index in [1.54, 1.807) is 0 Å². The monoisotopic (exact) mass is 197 g/mol. The fourth-order valence-corrected chi connectivity index (χ4v) is 2.17. The second kappa shape index (κ2) is 4.31. The zero-order valence-corrected chi connectivity index (χ0v) is 8.82. The first kappa shape index (κ1) is 9.98. The van der Waals surface area contributed by atoms with Gasteiger partial charge >= 0.3 is 0 Å². The Morgan fingerprint density at radius 1 is 1.27 bits per heavy atom. The van der Waals surface area contributed by atoms with Crippen LogP contribution in [0, 0.1) is 16.7 Å². The molecule has 0 radical (unpaired) electrons. The SMILES string of the molecule is N#C[C@]1(Cc2ccccc2)C=CCCC1. The van der Waals surface area contributed by atoms with Crippen LogP contribution in [0.4, 0.5) is 0 Å². The van der Waals surface area contributed by atoms with Gasteiger partial charge in [0.15, 0.2) is 0 Å². The number of benzene rings is 1. The Bertz CT molecular complexity index is 386. The molecule has 0 aliphatic heterocycles. The van der Waals surface area contributed by atoms with Crippen LogP contribution in [-0.2, 0) is 6.42 Å². The molecule has 0 N–H and O–H groups in total. The molecule has 1 heteroatoms. The fourth-order valence-electron chi connectivity index (χ4n) is 2.17. The lowest BCUT2D eigenvalue weighted by molar-refractivity contribution is 0.427. The standard InChI is InChI=1S/C14H15N/c15-12-14(9-5-2-6-10-14)11-13-7-3-1-4-8-13/h1,3-5,7-9H,2,6,10-11H2/t14-/m1/s1. The lowest BCUT2D eigenvalue weighted by Gasteiger charge is -2.25. The molecule has 0 amide bonds. The highest BCUT2D eigenvalue weighted by Gasteiger charge is 2.28. The Morgan fingerprint density at radius 2 is 2.07 bits per heavy atom. The average Bonchev–Trinajstić information content (AvgIpc) is 2.32. The summed E-state index contributed by atoms with van der Waals surface area (Å²) in [6.07, 6.45) is 8.35. The van der Waals surface area contributed by atoms with E-state index >= 15 is 0 Å². The molecule has 0 unspecified atom stereocenters. The molecular formula is C14H15N. The fraction of sp³-hybridized carbons (Fsp3) is 0.357. The number of hydrogen-bond donors (Lipinski definition) is 0. The van der Waals surface area contributed by atoms with Gasteiger partial charge in [0.25, 0.3) is 0 Å². The highest BCUT2D eigenvalue weighted by atomic mass is 14.4. The maximum absolute atomic E-state index is 9.30. The molecule has 1 aromatic rings. The highest BCUT2D eigenvalue weighted by molar-refractivity contribution is 5.24.